The molecule has 0 spiro atoms. The number of imidazole rings is 1. The molecule has 2 rings (SSSR count). The molecule has 2 aromatic heterocycles. The average Bonchev–Trinajstić information content (AvgIpc) is 2.74. The van der Waals surface area contributed by atoms with E-state index in [0.29, 0.717) is 11.4 Å². The van der Waals surface area contributed by atoms with E-state index < -0.39 is 0 Å². The van der Waals surface area contributed by atoms with E-state index in [2.05, 4.69) is 9.97 Å². The number of Topliss-reactive ketones (excluding diaryl/α,β-unsaturated/α-hetero) is 1. The Bertz CT molecular complexity index is 376. The Labute approximate surface area is 74.6 Å². The van der Waals surface area contributed by atoms with Gasteiger partial charge >= 0.3 is 0 Å². The van der Waals surface area contributed by atoms with E-state index in [9.17, 15) is 4.79 Å². The van der Waals surface area contributed by atoms with Crippen LogP contribution in [-0.2, 0) is 6.42 Å². The van der Waals surface area contributed by atoms with Crippen LogP contribution in [0.15, 0.2) is 35.4 Å². The van der Waals surface area contributed by atoms with Crippen LogP contribution in [0.3, 0.4) is 0 Å². The first kappa shape index (κ1) is 7.79. The molecule has 0 amide bonds. The minimum Gasteiger partial charge on any atom is -0.472 e. The molecule has 2 heterocycles. The molecular formula is C9H8N2O2. The highest BCUT2D eigenvalue weighted by atomic mass is 16.3. The Morgan fingerprint density at radius 3 is 3.15 bits per heavy atom. The molecule has 4 nitrogen and oxygen atoms in total. The van der Waals surface area contributed by atoms with Crippen LogP contribution in [0.25, 0.3) is 0 Å². The molecule has 0 bridgehead atoms. The van der Waals surface area contributed by atoms with Crippen LogP contribution in [-0.4, -0.2) is 15.8 Å². The van der Waals surface area contributed by atoms with Gasteiger partial charge in [-0.15, -0.1) is 0 Å². The lowest BCUT2D eigenvalue weighted by atomic mass is 10.1. The van der Waals surface area contributed by atoms with Crippen LogP contribution in [0.1, 0.15) is 16.2 Å². The van der Waals surface area contributed by atoms with Gasteiger partial charge in [-0.3, -0.25) is 4.79 Å². The number of hydrogen-bond donors (Lipinski definition) is 1. The summed E-state index contributed by atoms with van der Waals surface area (Å²) >= 11 is 0. The normalized spacial score (nSPS) is 10.2. The molecule has 0 radical (unpaired) electrons. The average molecular weight is 176 g/mol. The van der Waals surface area contributed by atoms with Crippen molar-refractivity contribution in [3.8, 4) is 0 Å². The minimum atomic E-state index is 0.00343. The fourth-order valence-electron chi connectivity index (χ4n) is 1.07. The maximum absolute atomic E-state index is 11.5. The van der Waals surface area contributed by atoms with E-state index in [1.54, 1.807) is 18.5 Å². The summed E-state index contributed by atoms with van der Waals surface area (Å²) in [5.41, 5.74) is 0.580. The van der Waals surface area contributed by atoms with Crippen LogP contribution in [0.4, 0.5) is 0 Å². The third kappa shape index (κ3) is 1.66. The van der Waals surface area contributed by atoms with Crippen LogP contribution in [0.5, 0.6) is 0 Å². The predicted molar refractivity (Wildman–Crippen MR) is 45.3 cm³/mol. The summed E-state index contributed by atoms with van der Waals surface area (Å²) in [4.78, 5) is 18.3. The summed E-state index contributed by atoms with van der Waals surface area (Å²) in [5.74, 6) is 0.676. The first-order valence-corrected chi connectivity index (χ1v) is 3.90. The maximum atomic E-state index is 11.5. The van der Waals surface area contributed by atoms with Crippen molar-refractivity contribution in [2.45, 2.75) is 6.42 Å². The Hall–Kier alpha value is -1.84. The topological polar surface area (TPSA) is 58.9 Å². The van der Waals surface area contributed by atoms with Crippen molar-refractivity contribution in [1.82, 2.24) is 9.97 Å². The number of carbonyl (C=O) groups is 1. The Kier molecular flexibility index (Phi) is 1.96. The predicted octanol–water partition coefficient (Wildman–Crippen LogP) is 1.43. The van der Waals surface area contributed by atoms with E-state index in [0.717, 1.165) is 0 Å². The monoisotopic (exact) mass is 176 g/mol. The molecule has 0 unspecified atom stereocenters. The summed E-state index contributed by atoms with van der Waals surface area (Å²) in [6.45, 7) is 0. The Morgan fingerprint density at radius 2 is 2.54 bits per heavy atom. The van der Waals surface area contributed by atoms with E-state index in [-0.39, 0.29) is 12.2 Å². The first-order chi connectivity index (χ1) is 6.36. The fraction of sp³-hybridized carbons (Fsp3) is 0.111. The molecule has 0 aliphatic rings. The zero-order valence-corrected chi connectivity index (χ0v) is 6.86. The fourth-order valence-corrected chi connectivity index (χ4v) is 1.07. The van der Waals surface area contributed by atoms with Gasteiger partial charge in [0.15, 0.2) is 5.78 Å². The Balaban J connectivity index is 2.08. The molecule has 0 aromatic carbocycles. The van der Waals surface area contributed by atoms with Crippen molar-refractivity contribution in [3.63, 3.8) is 0 Å². The molecule has 2 aromatic rings. The maximum Gasteiger partial charge on any atom is 0.173 e. The van der Waals surface area contributed by atoms with Gasteiger partial charge in [0.05, 0.1) is 18.2 Å². The highest BCUT2D eigenvalue weighted by molar-refractivity contribution is 5.96. The third-order valence-electron chi connectivity index (χ3n) is 1.73. The molecule has 0 atom stereocenters. The molecule has 66 valence electrons. The zero-order chi connectivity index (χ0) is 9.10. The molecule has 0 saturated carbocycles. The molecule has 0 aliphatic heterocycles. The molecule has 0 aliphatic carbocycles. The molecular weight excluding hydrogens is 168 g/mol. The highest BCUT2D eigenvalue weighted by Crippen LogP contribution is 2.04. The van der Waals surface area contributed by atoms with Gasteiger partial charge < -0.3 is 9.40 Å². The number of ketones is 1. The van der Waals surface area contributed by atoms with E-state index >= 15 is 0 Å². The summed E-state index contributed by atoms with van der Waals surface area (Å²) in [7, 11) is 0. The van der Waals surface area contributed by atoms with Gasteiger partial charge in [-0.25, -0.2) is 4.98 Å². The van der Waals surface area contributed by atoms with Crippen molar-refractivity contribution in [3.05, 3.63) is 42.4 Å². The lowest BCUT2D eigenvalue weighted by Crippen LogP contribution is -2.03. The van der Waals surface area contributed by atoms with Crippen LogP contribution in [0, 0.1) is 0 Å². The number of carbonyl (C=O) groups excluding carboxylic acids is 1. The third-order valence-corrected chi connectivity index (χ3v) is 1.73. The van der Waals surface area contributed by atoms with E-state index in [4.69, 9.17) is 4.42 Å². The second kappa shape index (κ2) is 3.26. The van der Waals surface area contributed by atoms with Crippen molar-refractivity contribution < 1.29 is 9.21 Å². The van der Waals surface area contributed by atoms with E-state index in [1.165, 1.54) is 12.5 Å². The van der Waals surface area contributed by atoms with Crippen LogP contribution < -0.4 is 0 Å². The van der Waals surface area contributed by atoms with Crippen molar-refractivity contribution >= 4 is 5.78 Å². The summed E-state index contributed by atoms with van der Waals surface area (Å²) < 4.78 is 4.80. The van der Waals surface area contributed by atoms with Gasteiger partial charge in [-0.1, -0.05) is 0 Å². The van der Waals surface area contributed by atoms with Crippen molar-refractivity contribution in [2.24, 2.45) is 0 Å². The molecule has 0 fully saturated rings. The second-order valence-corrected chi connectivity index (χ2v) is 2.65. The van der Waals surface area contributed by atoms with Gasteiger partial charge in [0.25, 0.3) is 0 Å². The van der Waals surface area contributed by atoms with Crippen molar-refractivity contribution in [2.75, 3.05) is 0 Å². The minimum absolute atomic E-state index is 0.00343. The van der Waals surface area contributed by atoms with Gasteiger partial charge in [-0.05, 0) is 6.07 Å². The summed E-state index contributed by atoms with van der Waals surface area (Å²) in [6, 6.07) is 1.64. The SMILES string of the molecule is O=C(Cc1ncc[nH]1)c1ccoc1. The lowest BCUT2D eigenvalue weighted by Gasteiger charge is -1.92. The standard InChI is InChI=1S/C9H8N2O2/c12-8(7-1-4-13-6-7)5-9-10-2-3-11-9/h1-4,6H,5H2,(H,10,11). The quantitative estimate of drug-likeness (QED) is 0.719. The molecule has 4 heteroatoms. The number of aromatic amines is 1. The van der Waals surface area contributed by atoms with Gasteiger partial charge in [0.1, 0.15) is 12.1 Å². The molecule has 1 N–H and O–H groups in total. The number of aromatic nitrogens is 2. The number of furan rings is 1. The lowest BCUT2D eigenvalue weighted by molar-refractivity contribution is 0.0990. The number of nitrogens with one attached hydrogen (secondary N) is 1. The Morgan fingerprint density at radius 1 is 1.62 bits per heavy atom. The highest BCUT2D eigenvalue weighted by Gasteiger charge is 2.08. The summed E-state index contributed by atoms with van der Waals surface area (Å²) in [6.07, 6.45) is 6.52. The largest absolute Gasteiger partial charge is 0.472 e. The first-order valence-electron chi connectivity index (χ1n) is 3.90. The second-order valence-electron chi connectivity index (χ2n) is 2.65. The number of nitrogens with zero attached hydrogens (tertiary/aromatic N) is 1. The number of hydrogen-bond acceptors (Lipinski definition) is 3. The zero-order valence-electron chi connectivity index (χ0n) is 6.86. The molecule has 0 saturated heterocycles. The van der Waals surface area contributed by atoms with Crippen LogP contribution >= 0.6 is 0 Å². The smallest absolute Gasteiger partial charge is 0.173 e. The van der Waals surface area contributed by atoms with Gasteiger partial charge in [-0.2, -0.15) is 0 Å². The number of H-pyrrole nitrogens is 1. The van der Waals surface area contributed by atoms with E-state index in [1.807, 2.05) is 0 Å². The number of rotatable bonds is 3. The van der Waals surface area contributed by atoms with Gasteiger partial charge in [0.2, 0.25) is 0 Å². The van der Waals surface area contributed by atoms with Gasteiger partial charge in [0, 0.05) is 12.4 Å². The molecule has 13 heavy (non-hydrogen) atoms. The van der Waals surface area contributed by atoms with Crippen LogP contribution in [0.2, 0.25) is 0 Å². The summed E-state index contributed by atoms with van der Waals surface area (Å²) in [5, 5.41) is 0. The van der Waals surface area contributed by atoms with Crippen molar-refractivity contribution in [1.29, 1.82) is 0 Å².